The number of ether oxygens (including phenoxy) is 2. The molecule has 0 aromatic heterocycles. The second-order valence-corrected chi connectivity index (χ2v) is 5.15. The summed E-state index contributed by atoms with van der Waals surface area (Å²) in [6, 6.07) is 9.77. The number of hydrogen-bond acceptors (Lipinski definition) is 3. The van der Waals surface area contributed by atoms with Gasteiger partial charge in [0, 0.05) is 25.6 Å². The molecule has 1 unspecified atom stereocenters. The highest BCUT2D eigenvalue weighted by Gasteiger charge is 2.24. The van der Waals surface area contributed by atoms with Crippen LogP contribution in [0.2, 0.25) is 0 Å². The van der Waals surface area contributed by atoms with Gasteiger partial charge >= 0.3 is 6.09 Å². The summed E-state index contributed by atoms with van der Waals surface area (Å²) in [5, 5.41) is 0. The average Bonchev–Trinajstić information content (AvgIpc) is 2.52. The van der Waals surface area contributed by atoms with E-state index in [0.717, 1.165) is 44.7 Å². The lowest BCUT2D eigenvalue weighted by molar-refractivity contribution is 0.0497. The molecule has 110 valence electrons. The van der Waals surface area contributed by atoms with Gasteiger partial charge in [-0.2, -0.15) is 0 Å². The van der Waals surface area contributed by atoms with Crippen molar-refractivity contribution < 1.29 is 14.3 Å². The van der Waals surface area contributed by atoms with E-state index in [2.05, 4.69) is 0 Å². The van der Waals surface area contributed by atoms with Crippen LogP contribution in [0, 0.1) is 5.92 Å². The van der Waals surface area contributed by atoms with E-state index >= 15 is 0 Å². The molecule has 1 heterocycles. The SMILES string of the molecule is CCOCC1CCCN(C(=O)OCc2ccccc2)C1. The quantitative estimate of drug-likeness (QED) is 0.830. The van der Waals surface area contributed by atoms with Crippen LogP contribution in [0.25, 0.3) is 0 Å². The number of amides is 1. The number of piperidine rings is 1. The third-order valence-electron chi connectivity index (χ3n) is 3.54. The predicted molar refractivity (Wildman–Crippen MR) is 77.4 cm³/mol. The van der Waals surface area contributed by atoms with Crippen LogP contribution in [0.4, 0.5) is 4.79 Å². The molecule has 1 aliphatic heterocycles. The molecule has 1 aliphatic rings. The third kappa shape index (κ3) is 4.53. The zero-order valence-electron chi connectivity index (χ0n) is 12.1. The van der Waals surface area contributed by atoms with Crippen LogP contribution in [-0.2, 0) is 16.1 Å². The van der Waals surface area contributed by atoms with Crippen molar-refractivity contribution in [1.82, 2.24) is 4.90 Å². The maximum absolute atomic E-state index is 12.1. The molecule has 1 fully saturated rings. The minimum Gasteiger partial charge on any atom is -0.445 e. The van der Waals surface area contributed by atoms with E-state index in [-0.39, 0.29) is 6.09 Å². The molecule has 2 rings (SSSR count). The molecule has 0 radical (unpaired) electrons. The zero-order chi connectivity index (χ0) is 14.2. The Balaban J connectivity index is 1.77. The van der Waals surface area contributed by atoms with Crippen molar-refractivity contribution in [3.63, 3.8) is 0 Å². The molecule has 1 atom stereocenters. The third-order valence-corrected chi connectivity index (χ3v) is 3.54. The fourth-order valence-corrected chi connectivity index (χ4v) is 2.46. The van der Waals surface area contributed by atoms with Crippen molar-refractivity contribution in [2.75, 3.05) is 26.3 Å². The van der Waals surface area contributed by atoms with Crippen LogP contribution < -0.4 is 0 Å². The summed E-state index contributed by atoms with van der Waals surface area (Å²) in [5.74, 6) is 0.438. The Kier molecular flexibility index (Phi) is 5.87. The topological polar surface area (TPSA) is 38.8 Å². The maximum atomic E-state index is 12.1. The number of hydrogen-bond donors (Lipinski definition) is 0. The number of carbonyl (C=O) groups is 1. The number of likely N-dealkylation sites (tertiary alicyclic amines) is 1. The molecular formula is C16H23NO3. The van der Waals surface area contributed by atoms with E-state index in [9.17, 15) is 4.79 Å². The van der Waals surface area contributed by atoms with Gasteiger partial charge in [0.25, 0.3) is 0 Å². The van der Waals surface area contributed by atoms with Crippen LogP contribution in [0.5, 0.6) is 0 Å². The maximum Gasteiger partial charge on any atom is 0.410 e. The highest BCUT2D eigenvalue weighted by Crippen LogP contribution is 2.18. The van der Waals surface area contributed by atoms with Gasteiger partial charge in [-0.1, -0.05) is 30.3 Å². The molecule has 0 spiro atoms. The first kappa shape index (κ1) is 14.9. The van der Waals surface area contributed by atoms with Crippen molar-refractivity contribution in [1.29, 1.82) is 0 Å². The summed E-state index contributed by atoms with van der Waals surface area (Å²) < 4.78 is 10.8. The van der Waals surface area contributed by atoms with Gasteiger partial charge in [0.1, 0.15) is 6.61 Å². The van der Waals surface area contributed by atoms with Gasteiger partial charge in [-0.05, 0) is 25.3 Å². The highest BCUT2D eigenvalue weighted by molar-refractivity contribution is 5.67. The molecule has 0 aliphatic carbocycles. The van der Waals surface area contributed by atoms with Gasteiger partial charge in [-0.15, -0.1) is 0 Å². The minimum absolute atomic E-state index is 0.213. The summed E-state index contributed by atoms with van der Waals surface area (Å²) in [4.78, 5) is 13.9. The van der Waals surface area contributed by atoms with E-state index in [1.165, 1.54) is 0 Å². The molecule has 1 saturated heterocycles. The van der Waals surface area contributed by atoms with E-state index in [4.69, 9.17) is 9.47 Å². The van der Waals surface area contributed by atoms with Gasteiger partial charge < -0.3 is 14.4 Å². The molecule has 0 saturated carbocycles. The molecule has 0 bridgehead atoms. The Bertz CT molecular complexity index is 407. The Morgan fingerprint density at radius 2 is 2.15 bits per heavy atom. The first-order valence-corrected chi connectivity index (χ1v) is 7.33. The monoisotopic (exact) mass is 277 g/mol. The molecule has 20 heavy (non-hydrogen) atoms. The summed E-state index contributed by atoms with van der Waals surface area (Å²) >= 11 is 0. The van der Waals surface area contributed by atoms with Crippen molar-refractivity contribution >= 4 is 6.09 Å². The standard InChI is InChI=1S/C16H23NO3/c1-2-19-12-15-9-6-10-17(11-15)16(18)20-13-14-7-4-3-5-8-14/h3-5,7-8,15H,2,6,9-13H2,1H3. The van der Waals surface area contributed by atoms with Crippen molar-refractivity contribution in [2.45, 2.75) is 26.4 Å². The lowest BCUT2D eigenvalue weighted by Gasteiger charge is -2.31. The lowest BCUT2D eigenvalue weighted by atomic mass is 9.99. The summed E-state index contributed by atoms with van der Waals surface area (Å²) in [5.41, 5.74) is 1.02. The van der Waals surface area contributed by atoms with E-state index in [0.29, 0.717) is 12.5 Å². The summed E-state index contributed by atoms with van der Waals surface area (Å²) in [6.07, 6.45) is 1.94. The molecule has 4 heteroatoms. The van der Waals surface area contributed by atoms with Crippen LogP contribution in [0.1, 0.15) is 25.3 Å². The molecule has 0 N–H and O–H groups in total. The molecule has 4 nitrogen and oxygen atoms in total. The fraction of sp³-hybridized carbons (Fsp3) is 0.562. The second-order valence-electron chi connectivity index (χ2n) is 5.15. The number of rotatable bonds is 5. The summed E-state index contributed by atoms with van der Waals surface area (Å²) in [6.45, 7) is 5.33. The largest absolute Gasteiger partial charge is 0.445 e. The smallest absolute Gasteiger partial charge is 0.410 e. The van der Waals surface area contributed by atoms with Crippen LogP contribution in [0.15, 0.2) is 30.3 Å². The minimum atomic E-state index is -0.213. The second kappa shape index (κ2) is 7.90. The number of carbonyl (C=O) groups excluding carboxylic acids is 1. The highest BCUT2D eigenvalue weighted by atomic mass is 16.6. The number of benzene rings is 1. The van der Waals surface area contributed by atoms with Crippen LogP contribution in [-0.4, -0.2) is 37.3 Å². The molecule has 1 amide bonds. The van der Waals surface area contributed by atoms with E-state index in [1.54, 1.807) is 4.90 Å². The van der Waals surface area contributed by atoms with Crippen molar-refractivity contribution in [3.8, 4) is 0 Å². The van der Waals surface area contributed by atoms with Crippen molar-refractivity contribution in [3.05, 3.63) is 35.9 Å². The first-order valence-electron chi connectivity index (χ1n) is 7.33. The number of nitrogens with zero attached hydrogens (tertiary/aromatic N) is 1. The van der Waals surface area contributed by atoms with E-state index < -0.39 is 0 Å². The van der Waals surface area contributed by atoms with Gasteiger partial charge in [-0.3, -0.25) is 0 Å². The molecule has 1 aromatic carbocycles. The fourth-order valence-electron chi connectivity index (χ4n) is 2.46. The summed E-state index contributed by atoms with van der Waals surface area (Å²) in [7, 11) is 0. The Morgan fingerprint density at radius 3 is 2.90 bits per heavy atom. The van der Waals surface area contributed by atoms with Gasteiger partial charge in [0.05, 0.1) is 6.61 Å². The lowest BCUT2D eigenvalue weighted by Crippen LogP contribution is -2.41. The predicted octanol–water partition coefficient (Wildman–Crippen LogP) is 3.07. The van der Waals surface area contributed by atoms with Gasteiger partial charge in [0.15, 0.2) is 0 Å². The van der Waals surface area contributed by atoms with Crippen molar-refractivity contribution in [2.24, 2.45) is 5.92 Å². The van der Waals surface area contributed by atoms with Crippen LogP contribution >= 0.6 is 0 Å². The molecule has 1 aromatic rings. The Labute approximate surface area is 120 Å². The van der Waals surface area contributed by atoms with Gasteiger partial charge in [0.2, 0.25) is 0 Å². The first-order chi connectivity index (χ1) is 9.79. The van der Waals surface area contributed by atoms with E-state index in [1.807, 2.05) is 37.3 Å². The zero-order valence-corrected chi connectivity index (χ0v) is 12.1. The average molecular weight is 277 g/mol. The Morgan fingerprint density at radius 1 is 1.35 bits per heavy atom. The van der Waals surface area contributed by atoms with Crippen LogP contribution in [0.3, 0.4) is 0 Å². The Hall–Kier alpha value is -1.55. The van der Waals surface area contributed by atoms with Gasteiger partial charge in [-0.25, -0.2) is 4.79 Å². The normalized spacial score (nSPS) is 18.9. The molecular weight excluding hydrogens is 254 g/mol.